The maximum atomic E-state index is 5.74. The molecule has 0 saturated carbocycles. The Morgan fingerprint density at radius 3 is 2.87 bits per heavy atom. The molecular weight excluding hydrogens is 307 g/mol. The molecule has 15 heavy (non-hydrogen) atoms. The number of quaternary nitrogens is 1. The minimum absolute atomic E-state index is 0. The summed E-state index contributed by atoms with van der Waals surface area (Å²) in [7, 11) is 1.97. The number of fused-ring (bicyclic) bond motifs is 3. The lowest BCUT2D eigenvalue weighted by Crippen LogP contribution is -3.09. The quantitative estimate of drug-likeness (QED) is 0.517. The third-order valence-electron chi connectivity index (χ3n) is 2.62. The first-order chi connectivity index (χ1) is 6.77. The molecule has 0 saturated heterocycles. The van der Waals surface area contributed by atoms with Crippen molar-refractivity contribution >= 4 is 16.7 Å². The van der Waals surface area contributed by atoms with Crippen LogP contribution in [0.1, 0.15) is 0 Å². The van der Waals surface area contributed by atoms with Gasteiger partial charge in [-0.1, -0.05) is 12.1 Å². The highest BCUT2D eigenvalue weighted by atomic mass is 127. The summed E-state index contributed by atoms with van der Waals surface area (Å²) in [6.07, 6.45) is -0.353. The number of hydrogen-bond acceptors (Lipinski definition) is 3. The molecule has 0 radical (unpaired) electrons. The van der Waals surface area contributed by atoms with Crippen molar-refractivity contribution < 1.29 is 38.0 Å². The van der Waals surface area contributed by atoms with Gasteiger partial charge in [0.25, 0.3) is 6.35 Å². The van der Waals surface area contributed by atoms with Crippen LogP contribution in [0.4, 0.5) is 5.69 Å². The average Bonchev–Trinajstić information content (AvgIpc) is 2.65. The van der Waals surface area contributed by atoms with Crippen molar-refractivity contribution in [3.8, 4) is 5.95 Å². The van der Waals surface area contributed by atoms with Crippen molar-refractivity contribution in [2.75, 3.05) is 7.05 Å². The summed E-state index contributed by atoms with van der Waals surface area (Å²) in [6, 6.07) is 7.86. The third-order valence-corrected chi connectivity index (χ3v) is 2.62. The molecular formula is C10H11IN2O2. The van der Waals surface area contributed by atoms with Crippen molar-refractivity contribution in [2.24, 2.45) is 5.73 Å². The molecule has 1 aliphatic heterocycles. The van der Waals surface area contributed by atoms with Gasteiger partial charge in [-0.3, -0.25) is 0 Å². The molecule has 2 heterocycles. The Morgan fingerprint density at radius 1 is 1.33 bits per heavy atom. The van der Waals surface area contributed by atoms with Crippen LogP contribution in [0, 0.1) is 0 Å². The Hall–Kier alpha value is -0.790. The highest BCUT2D eigenvalue weighted by molar-refractivity contribution is 5.90. The van der Waals surface area contributed by atoms with E-state index in [1.165, 1.54) is 0 Å². The number of hydrogen-bond donors (Lipinski definition) is 2. The summed E-state index contributed by atoms with van der Waals surface area (Å²) in [5, 5.41) is 1.08. The van der Waals surface area contributed by atoms with E-state index in [2.05, 4.69) is 0 Å². The van der Waals surface area contributed by atoms with Crippen LogP contribution < -0.4 is 39.3 Å². The molecule has 1 aliphatic rings. The Labute approximate surface area is 104 Å². The van der Waals surface area contributed by atoms with Crippen molar-refractivity contribution in [1.82, 2.24) is 0 Å². The van der Waals surface area contributed by atoms with Gasteiger partial charge in [-0.2, -0.15) is 0 Å². The predicted molar refractivity (Wildman–Crippen MR) is 51.4 cm³/mol. The van der Waals surface area contributed by atoms with Crippen molar-refractivity contribution in [1.29, 1.82) is 0 Å². The van der Waals surface area contributed by atoms with Gasteiger partial charge in [0.15, 0.2) is 0 Å². The lowest BCUT2D eigenvalue weighted by molar-refractivity contribution is -0.848. The van der Waals surface area contributed by atoms with Gasteiger partial charge in [-0.15, -0.1) is 0 Å². The molecule has 5 heteroatoms. The van der Waals surface area contributed by atoms with Gasteiger partial charge in [0.2, 0.25) is 5.69 Å². The number of benzene rings is 1. The fourth-order valence-electron chi connectivity index (χ4n) is 1.83. The van der Waals surface area contributed by atoms with Gasteiger partial charge in [0.05, 0.1) is 12.4 Å². The number of furan rings is 1. The van der Waals surface area contributed by atoms with E-state index in [1.54, 1.807) is 0 Å². The van der Waals surface area contributed by atoms with Crippen LogP contribution in [-0.2, 0) is 0 Å². The number of rotatable bonds is 0. The second-order valence-electron chi connectivity index (χ2n) is 3.48. The minimum Gasteiger partial charge on any atom is -1.00 e. The van der Waals surface area contributed by atoms with Gasteiger partial charge in [-0.25, -0.2) is 10.6 Å². The fraction of sp³-hybridized carbons (Fsp3) is 0.200. The lowest BCUT2D eigenvalue weighted by Gasteiger charge is -2.09. The van der Waals surface area contributed by atoms with E-state index in [-0.39, 0.29) is 30.3 Å². The molecule has 2 unspecified atom stereocenters. The number of ether oxygens (including phenoxy) is 1. The Morgan fingerprint density at radius 2 is 2.07 bits per heavy atom. The topological polar surface area (TPSA) is 52.8 Å². The van der Waals surface area contributed by atoms with Crippen molar-refractivity contribution in [3.05, 3.63) is 24.3 Å². The molecule has 2 aromatic rings. The highest BCUT2D eigenvalue weighted by Gasteiger charge is 2.36. The molecule has 0 bridgehead atoms. The maximum Gasteiger partial charge on any atom is 0.355 e. The molecule has 80 valence electrons. The van der Waals surface area contributed by atoms with E-state index in [0.29, 0.717) is 5.95 Å². The van der Waals surface area contributed by atoms with E-state index in [1.807, 2.05) is 31.3 Å². The fourth-order valence-corrected chi connectivity index (χ4v) is 1.83. The zero-order valence-electron chi connectivity index (χ0n) is 8.16. The Bertz CT molecular complexity index is 497. The standard InChI is InChI=1S/C10H10N2O2.HI/c1-12-8-6-4-2-3-5-7(6)13-9(8)14-10(12)11;/h2-5,10H,11H2,1H3;1H. The van der Waals surface area contributed by atoms with Crippen LogP contribution >= 0.6 is 0 Å². The second kappa shape index (κ2) is 3.66. The highest BCUT2D eigenvalue weighted by Crippen LogP contribution is 2.36. The maximum absolute atomic E-state index is 5.74. The monoisotopic (exact) mass is 318 g/mol. The van der Waals surface area contributed by atoms with Gasteiger partial charge in [0, 0.05) is 0 Å². The van der Waals surface area contributed by atoms with Crippen molar-refractivity contribution in [3.63, 3.8) is 0 Å². The summed E-state index contributed by atoms with van der Waals surface area (Å²) in [6.45, 7) is 0. The third kappa shape index (κ3) is 1.42. The Kier molecular flexibility index (Phi) is 2.61. The zero-order chi connectivity index (χ0) is 9.71. The van der Waals surface area contributed by atoms with Crippen LogP contribution in [0.5, 0.6) is 5.95 Å². The molecule has 0 spiro atoms. The SMILES string of the molecule is C[NH+]1c2c(oc3ccccc23)OC1N.[I-]. The van der Waals surface area contributed by atoms with E-state index in [0.717, 1.165) is 21.6 Å². The largest absolute Gasteiger partial charge is 1.00 e. The van der Waals surface area contributed by atoms with E-state index in [4.69, 9.17) is 14.9 Å². The van der Waals surface area contributed by atoms with Gasteiger partial charge in [-0.05, 0) is 12.1 Å². The molecule has 3 N–H and O–H groups in total. The van der Waals surface area contributed by atoms with Crippen LogP contribution in [0.3, 0.4) is 0 Å². The molecule has 3 rings (SSSR count). The van der Waals surface area contributed by atoms with E-state index < -0.39 is 0 Å². The molecule has 4 nitrogen and oxygen atoms in total. The lowest BCUT2D eigenvalue weighted by atomic mass is 10.2. The number of nitrogens with two attached hydrogens (primary N) is 1. The van der Waals surface area contributed by atoms with Gasteiger partial charge < -0.3 is 33.1 Å². The van der Waals surface area contributed by atoms with Crippen LogP contribution in [-0.4, -0.2) is 13.4 Å². The van der Waals surface area contributed by atoms with E-state index >= 15 is 0 Å². The normalized spacial score (nSPS) is 23.3. The first kappa shape index (κ1) is 10.7. The van der Waals surface area contributed by atoms with E-state index in [9.17, 15) is 0 Å². The second-order valence-corrected chi connectivity index (χ2v) is 3.48. The first-order valence-corrected chi connectivity index (χ1v) is 4.55. The van der Waals surface area contributed by atoms with Crippen molar-refractivity contribution in [2.45, 2.75) is 6.35 Å². The Balaban J connectivity index is 0.000000853. The molecule has 0 amide bonds. The summed E-state index contributed by atoms with van der Waals surface area (Å²) in [5.74, 6) is 0.552. The smallest absolute Gasteiger partial charge is 0.355 e. The summed E-state index contributed by atoms with van der Waals surface area (Å²) >= 11 is 0. The average molecular weight is 318 g/mol. The number of halogens is 1. The summed E-state index contributed by atoms with van der Waals surface area (Å²) < 4.78 is 10.9. The molecule has 0 aliphatic carbocycles. The molecule has 2 atom stereocenters. The molecule has 0 fully saturated rings. The van der Waals surface area contributed by atoms with Crippen LogP contribution in [0.25, 0.3) is 11.0 Å². The number of nitrogens with one attached hydrogen (secondary N) is 1. The van der Waals surface area contributed by atoms with Crippen LogP contribution in [0.15, 0.2) is 28.7 Å². The van der Waals surface area contributed by atoms with Gasteiger partial charge >= 0.3 is 5.95 Å². The van der Waals surface area contributed by atoms with Crippen LogP contribution in [0.2, 0.25) is 0 Å². The first-order valence-electron chi connectivity index (χ1n) is 4.55. The summed E-state index contributed by atoms with van der Waals surface area (Å²) in [4.78, 5) is 1.03. The predicted octanol–water partition coefficient (Wildman–Crippen LogP) is -2.78. The number of para-hydroxylation sites is 1. The molecule has 1 aromatic carbocycles. The zero-order valence-corrected chi connectivity index (χ0v) is 10.3. The summed E-state index contributed by atoms with van der Waals surface area (Å²) in [5.41, 5.74) is 7.62. The molecule has 1 aromatic heterocycles. The van der Waals surface area contributed by atoms with Gasteiger partial charge in [0.1, 0.15) is 5.58 Å². The minimum atomic E-state index is -0.353.